The number of aromatic nitrogens is 1. The van der Waals surface area contributed by atoms with Crippen LogP contribution in [0.15, 0.2) is 12.3 Å². The highest BCUT2D eigenvalue weighted by molar-refractivity contribution is 5.96. The van der Waals surface area contributed by atoms with Gasteiger partial charge in [0.25, 0.3) is 0 Å². The van der Waals surface area contributed by atoms with Crippen LogP contribution in [0.2, 0.25) is 0 Å². The quantitative estimate of drug-likeness (QED) is 0.762. The molecule has 0 aromatic carbocycles. The molecule has 1 aromatic heterocycles. The molecule has 3 N–H and O–H groups in total. The Labute approximate surface area is 103 Å². The van der Waals surface area contributed by atoms with E-state index in [2.05, 4.69) is 4.98 Å². The van der Waals surface area contributed by atoms with Crippen molar-refractivity contribution >= 4 is 17.5 Å². The first-order valence-electron chi connectivity index (χ1n) is 5.37. The maximum Gasteiger partial charge on any atom is 0.337 e. The van der Waals surface area contributed by atoms with Gasteiger partial charge in [0.1, 0.15) is 0 Å². The second-order valence-corrected chi connectivity index (χ2v) is 3.84. The van der Waals surface area contributed by atoms with E-state index in [1.165, 1.54) is 12.3 Å². The van der Waals surface area contributed by atoms with E-state index in [0.717, 1.165) is 0 Å². The van der Waals surface area contributed by atoms with Gasteiger partial charge >= 0.3 is 5.97 Å². The number of carboxylic acids is 1. The lowest BCUT2D eigenvalue weighted by molar-refractivity contribution is 0.0698. The molecule has 0 amide bonds. The van der Waals surface area contributed by atoms with Crippen LogP contribution in [0.4, 0.5) is 11.5 Å². The fourth-order valence-corrected chi connectivity index (χ4v) is 1.82. The molecule has 0 spiro atoms. The van der Waals surface area contributed by atoms with Gasteiger partial charge in [0.15, 0.2) is 11.9 Å². The summed E-state index contributed by atoms with van der Waals surface area (Å²) in [6.45, 7) is 1.24. The summed E-state index contributed by atoms with van der Waals surface area (Å²) in [5, 5.41) is 17.8. The van der Waals surface area contributed by atoms with E-state index in [-0.39, 0.29) is 11.3 Å². The number of nitriles is 1. The maximum atomic E-state index is 11.0. The Kier molecular flexibility index (Phi) is 3.30. The van der Waals surface area contributed by atoms with Crippen LogP contribution in [-0.2, 0) is 4.74 Å². The van der Waals surface area contributed by atoms with Crippen LogP contribution in [0.3, 0.4) is 0 Å². The molecule has 1 fully saturated rings. The largest absolute Gasteiger partial charge is 0.478 e. The van der Waals surface area contributed by atoms with E-state index in [9.17, 15) is 4.79 Å². The molecule has 1 aliphatic rings. The zero-order chi connectivity index (χ0) is 13.1. The normalized spacial score (nSPS) is 19.3. The van der Waals surface area contributed by atoms with Gasteiger partial charge in [-0.1, -0.05) is 0 Å². The molecule has 1 aromatic rings. The molecule has 94 valence electrons. The van der Waals surface area contributed by atoms with Crippen molar-refractivity contribution in [3.05, 3.63) is 17.8 Å². The Morgan fingerprint density at radius 2 is 2.50 bits per heavy atom. The van der Waals surface area contributed by atoms with Crippen molar-refractivity contribution in [3.63, 3.8) is 0 Å². The number of nitrogen functional groups attached to an aromatic ring is 1. The van der Waals surface area contributed by atoms with E-state index >= 15 is 0 Å². The van der Waals surface area contributed by atoms with Crippen LogP contribution in [0.1, 0.15) is 10.4 Å². The van der Waals surface area contributed by atoms with Crippen LogP contribution in [0.25, 0.3) is 0 Å². The summed E-state index contributed by atoms with van der Waals surface area (Å²) in [6, 6.07) is 3.36. The van der Waals surface area contributed by atoms with Crippen molar-refractivity contribution in [1.82, 2.24) is 4.98 Å². The van der Waals surface area contributed by atoms with E-state index in [0.29, 0.717) is 25.5 Å². The minimum absolute atomic E-state index is 0.0139. The molecule has 1 unspecified atom stereocenters. The van der Waals surface area contributed by atoms with Crippen LogP contribution in [-0.4, -0.2) is 41.9 Å². The lowest BCUT2D eigenvalue weighted by Gasteiger charge is -2.31. The summed E-state index contributed by atoms with van der Waals surface area (Å²) in [6.07, 6.45) is 0.847. The molecule has 0 bridgehead atoms. The molecule has 0 radical (unpaired) electrons. The molecule has 1 aliphatic heterocycles. The molecule has 18 heavy (non-hydrogen) atoms. The molecule has 0 aliphatic carbocycles. The molecular weight excluding hydrogens is 236 g/mol. The van der Waals surface area contributed by atoms with E-state index in [1.54, 1.807) is 4.90 Å². The first-order chi connectivity index (χ1) is 8.63. The summed E-state index contributed by atoms with van der Waals surface area (Å²) in [4.78, 5) is 16.8. The Bertz CT molecular complexity index is 512. The molecule has 1 atom stereocenters. The number of pyridine rings is 1. The van der Waals surface area contributed by atoms with Crippen LogP contribution in [0.5, 0.6) is 0 Å². The second kappa shape index (κ2) is 4.89. The predicted octanol–water partition coefficient (Wildman–Crippen LogP) is 0.0908. The summed E-state index contributed by atoms with van der Waals surface area (Å²) in [5.41, 5.74) is 5.92. The first-order valence-corrected chi connectivity index (χ1v) is 5.37. The standard InChI is InChI=1S/C11H12N4O3/c12-5-7-6-15(3-4-18-7)10-9(13)8(11(16)17)1-2-14-10/h1-2,7H,3-4,6,13H2,(H,16,17). The lowest BCUT2D eigenvalue weighted by Crippen LogP contribution is -2.42. The van der Waals surface area contributed by atoms with E-state index in [1.807, 2.05) is 6.07 Å². The third kappa shape index (κ3) is 2.19. The molecule has 2 rings (SSSR count). The Morgan fingerprint density at radius 1 is 1.72 bits per heavy atom. The third-order valence-corrected chi connectivity index (χ3v) is 2.71. The van der Waals surface area contributed by atoms with Crippen molar-refractivity contribution in [2.24, 2.45) is 0 Å². The number of carboxylic acid groups (broad SMARTS) is 1. The number of nitrogens with two attached hydrogens (primary N) is 1. The number of morpholine rings is 1. The van der Waals surface area contributed by atoms with Gasteiger partial charge in [0.05, 0.1) is 30.5 Å². The average molecular weight is 248 g/mol. The molecule has 1 saturated heterocycles. The summed E-state index contributed by atoms with van der Waals surface area (Å²) in [7, 11) is 0. The average Bonchev–Trinajstić information content (AvgIpc) is 2.38. The highest BCUT2D eigenvalue weighted by Gasteiger charge is 2.24. The monoisotopic (exact) mass is 248 g/mol. The van der Waals surface area contributed by atoms with Gasteiger partial charge in [0.2, 0.25) is 0 Å². The number of rotatable bonds is 2. The van der Waals surface area contributed by atoms with Crippen molar-refractivity contribution < 1.29 is 14.6 Å². The highest BCUT2D eigenvalue weighted by atomic mass is 16.5. The predicted molar refractivity (Wildman–Crippen MR) is 63.2 cm³/mol. The summed E-state index contributed by atoms with van der Waals surface area (Å²) >= 11 is 0. The van der Waals surface area contributed by atoms with E-state index in [4.69, 9.17) is 20.8 Å². The third-order valence-electron chi connectivity index (χ3n) is 2.71. The van der Waals surface area contributed by atoms with Gasteiger partial charge in [-0.25, -0.2) is 9.78 Å². The number of hydrogen-bond acceptors (Lipinski definition) is 6. The molecule has 7 heteroatoms. The zero-order valence-corrected chi connectivity index (χ0v) is 9.54. The number of anilines is 2. The smallest absolute Gasteiger partial charge is 0.337 e. The molecule has 7 nitrogen and oxygen atoms in total. The minimum Gasteiger partial charge on any atom is -0.478 e. The van der Waals surface area contributed by atoms with Gasteiger partial charge < -0.3 is 20.5 Å². The van der Waals surface area contributed by atoms with Gasteiger partial charge in [-0.05, 0) is 6.07 Å². The Balaban J connectivity index is 2.31. The number of ether oxygens (including phenoxy) is 1. The zero-order valence-electron chi connectivity index (χ0n) is 9.54. The summed E-state index contributed by atoms with van der Waals surface area (Å²) in [5.74, 6) is -0.709. The van der Waals surface area contributed by atoms with E-state index < -0.39 is 12.1 Å². The van der Waals surface area contributed by atoms with Crippen LogP contribution >= 0.6 is 0 Å². The maximum absolute atomic E-state index is 11.0. The van der Waals surface area contributed by atoms with Gasteiger partial charge in [-0.15, -0.1) is 0 Å². The fourth-order valence-electron chi connectivity index (χ4n) is 1.82. The number of carbonyl (C=O) groups is 1. The second-order valence-electron chi connectivity index (χ2n) is 3.84. The van der Waals surface area contributed by atoms with Gasteiger partial charge in [-0.2, -0.15) is 5.26 Å². The molecule has 0 saturated carbocycles. The van der Waals surface area contributed by atoms with Gasteiger partial charge in [0, 0.05) is 12.7 Å². The van der Waals surface area contributed by atoms with Crippen molar-refractivity contribution in [2.45, 2.75) is 6.10 Å². The Hall–Kier alpha value is -2.33. The molecular formula is C11H12N4O3. The fraction of sp³-hybridized carbons (Fsp3) is 0.364. The topological polar surface area (TPSA) is 112 Å². The minimum atomic E-state index is -1.10. The molecule has 2 heterocycles. The number of aromatic carboxylic acids is 1. The Morgan fingerprint density at radius 3 is 3.17 bits per heavy atom. The van der Waals surface area contributed by atoms with Crippen LogP contribution in [0, 0.1) is 11.3 Å². The number of nitrogens with zero attached hydrogens (tertiary/aromatic N) is 3. The van der Waals surface area contributed by atoms with Crippen LogP contribution < -0.4 is 10.6 Å². The SMILES string of the molecule is N#CC1CN(c2nccc(C(=O)O)c2N)CCO1. The van der Waals surface area contributed by atoms with Gasteiger partial charge in [-0.3, -0.25) is 0 Å². The highest BCUT2D eigenvalue weighted by Crippen LogP contribution is 2.25. The van der Waals surface area contributed by atoms with Crippen molar-refractivity contribution in [3.8, 4) is 6.07 Å². The number of hydrogen-bond donors (Lipinski definition) is 2. The van der Waals surface area contributed by atoms with Crippen molar-refractivity contribution in [2.75, 3.05) is 30.3 Å². The first kappa shape index (κ1) is 12.1. The van der Waals surface area contributed by atoms with Crippen molar-refractivity contribution in [1.29, 1.82) is 5.26 Å². The summed E-state index contributed by atoms with van der Waals surface area (Å²) < 4.78 is 5.21. The lowest BCUT2D eigenvalue weighted by atomic mass is 10.2.